The number of hydrogen-bond donors (Lipinski definition) is 2. The number of hydrogen-bond acceptors (Lipinski definition) is 4. The van der Waals surface area contributed by atoms with Crippen molar-refractivity contribution in [2.45, 2.75) is 40.3 Å². The van der Waals surface area contributed by atoms with Crippen LogP contribution in [0.4, 0.5) is 0 Å². The normalized spacial score (nSPS) is 10.6. The number of hydrazine groups is 1. The average Bonchev–Trinajstić information content (AvgIpc) is 3.08. The summed E-state index contributed by atoms with van der Waals surface area (Å²) < 4.78 is 7.52. The number of ether oxygens (including phenoxy) is 1. The highest BCUT2D eigenvalue weighted by atomic mass is 35.5. The molecule has 0 unspecified atom stereocenters. The Morgan fingerprint density at radius 3 is 2.42 bits per heavy atom. The highest BCUT2D eigenvalue weighted by molar-refractivity contribution is 6.31. The molecule has 0 radical (unpaired) electrons. The predicted molar refractivity (Wildman–Crippen MR) is 119 cm³/mol. The van der Waals surface area contributed by atoms with Crippen molar-refractivity contribution < 1.29 is 14.3 Å². The maximum absolute atomic E-state index is 12.3. The van der Waals surface area contributed by atoms with E-state index in [0.717, 1.165) is 28.3 Å². The van der Waals surface area contributed by atoms with E-state index in [4.69, 9.17) is 16.3 Å². The van der Waals surface area contributed by atoms with E-state index >= 15 is 0 Å². The van der Waals surface area contributed by atoms with Gasteiger partial charge in [0.05, 0.1) is 12.2 Å². The van der Waals surface area contributed by atoms with E-state index in [9.17, 15) is 9.59 Å². The number of carbonyl (C=O) groups excluding carboxylic acids is 2. The molecule has 0 bridgehead atoms. The van der Waals surface area contributed by atoms with Gasteiger partial charge in [-0.2, -0.15) is 5.10 Å². The van der Waals surface area contributed by atoms with E-state index in [1.165, 1.54) is 0 Å². The third kappa shape index (κ3) is 6.33. The Morgan fingerprint density at radius 1 is 1.03 bits per heavy atom. The van der Waals surface area contributed by atoms with Crippen molar-refractivity contribution in [1.29, 1.82) is 0 Å². The van der Waals surface area contributed by atoms with Gasteiger partial charge in [0.2, 0.25) is 5.91 Å². The standard InChI is InChI=1S/C23H25ClN4O3/c1-15-12-20(8-9-21(15)24)31-14-18-4-6-19(7-5-18)23(30)26-25-22(29)10-11-28-17(3)13-16(2)27-28/h4-9,12-13H,10-11,14H2,1-3H3,(H,25,29)(H,26,30). The van der Waals surface area contributed by atoms with Crippen molar-refractivity contribution >= 4 is 23.4 Å². The van der Waals surface area contributed by atoms with Gasteiger partial charge in [0.25, 0.3) is 5.91 Å². The monoisotopic (exact) mass is 440 g/mol. The molecule has 0 spiro atoms. The third-order valence-electron chi connectivity index (χ3n) is 4.72. The van der Waals surface area contributed by atoms with Crippen molar-refractivity contribution in [3.8, 4) is 5.75 Å². The largest absolute Gasteiger partial charge is 0.489 e. The number of nitrogens with one attached hydrogen (secondary N) is 2. The zero-order valence-electron chi connectivity index (χ0n) is 17.7. The molecule has 0 atom stereocenters. The van der Waals surface area contributed by atoms with Gasteiger partial charge in [-0.05, 0) is 68.3 Å². The highest BCUT2D eigenvalue weighted by Gasteiger charge is 2.09. The molecule has 0 aliphatic heterocycles. The number of aromatic nitrogens is 2. The molecule has 3 aromatic rings. The Kier molecular flexibility index (Phi) is 7.31. The van der Waals surface area contributed by atoms with Crippen LogP contribution in [0, 0.1) is 20.8 Å². The van der Waals surface area contributed by atoms with Crippen molar-refractivity contribution in [3.63, 3.8) is 0 Å². The molecule has 0 saturated carbocycles. The maximum atomic E-state index is 12.3. The molecule has 0 aliphatic rings. The van der Waals surface area contributed by atoms with Gasteiger partial charge in [-0.15, -0.1) is 0 Å². The van der Waals surface area contributed by atoms with Crippen LogP contribution in [-0.4, -0.2) is 21.6 Å². The number of benzene rings is 2. The summed E-state index contributed by atoms with van der Waals surface area (Å²) in [6.45, 7) is 6.57. The van der Waals surface area contributed by atoms with Crippen LogP contribution < -0.4 is 15.6 Å². The molecule has 31 heavy (non-hydrogen) atoms. The number of halogens is 1. The summed E-state index contributed by atoms with van der Waals surface area (Å²) in [5.41, 5.74) is 9.06. The van der Waals surface area contributed by atoms with Crippen LogP contribution in [0.2, 0.25) is 5.02 Å². The molecule has 1 heterocycles. The van der Waals surface area contributed by atoms with Gasteiger partial charge in [-0.25, -0.2) is 0 Å². The molecule has 162 valence electrons. The second-order valence-corrected chi connectivity index (χ2v) is 7.71. The molecular formula is C23H25ClN4O3. The van der Waals surface area contributed by atoms with Crippen LogP contribution in [0.25, 0.3) is 0 Å². The lowest BCUT2D eigenvalue weighted by atomic mass is 10.1. The molecule has 1 aromatic heterocycles. The average molecular weight is 441 g/mol. The minimum Gasteiger partial charge on any atom is -0.489 e. The van der Waals surface area contributed by atoms with Crippen molar-refractivity contribution in [2.75, 3.05) is 0 Å². The fraction of sp³-hybridized carbons (Fsp3) is 0.261. The van der Waals surface area contributed by atoms with Gasteiger partial charge in [-0.3, -0.25) is 25.1 Å². The second-order valence-electron chi connectivity index (χ2n) is 7.30. The van der Waals surface area contributed by atoms with Crippen LogP contribution in [-0.2, 0) is 17.9 Å². The Morgan fingerprint density at radius 2 is 1.77 bits per heavy atom. The first-order valence-electron chi connectivity index (χ1n) is 9.90. The van der Waals surface area contributed by atoms with E-state index in [-0.39, 0.29) is 18.2 Å². The van der Waals surface area contributed by atoms with E-state index in [0.29, 0.717) is 23.7 Å². The minimum atomic E-state index is -0.389. The predicted octanol–water partition coefficient (Wildman–Crippen LogP) is 3.89. The summed E-state index contributed by atoms with van der Waals surface area (Å²) in [5, 5.41) is 5.00. The first-order valence-corrected chi connectivity index (χ1v) is 10.3. The molecule has 2 N–H and O–H groups in total. The van der Waals surface area contributed by atoms with Crippen LogP contribution in [0.5, 0.6) is 5.75 Å². The maximum Gasteiger partial charge on any atom is 0.269 e. The summed E-state index contributed by atoms with van der Waals surface area (Å²) >= 11 is 6.02. The lowest BCUT2D eigenvalue weighted by molar-refractivity contribution is -0.122. The number of rotatable bonds is 7. The smallest absolute Gasteiger partial charge is 0.269 e. The fourth-order valence-electron chi connectivity index (χ4n) is 3.00. The molecular weight excluding hydrogens is 416 g/mol. The van der Waals surface area contributed by atoms with Crippen LogP contribution in [0.1, 0.15) is 39.3 Å². The molecule has 2 aromatic carbocycles. The van der Waals surface area contributed by atoms with Gasteiger partial charge >= 0.3 is 0 Å². The lowest BCUT2D eigenvalue weighted by Gasteiger charge is -2.10. The number of aryl methyl sites for hydroxylation is 4. The van der Waals surface area contributed by atoms with E-state index in [1.54, 1.807) is 22.9 Å². The Labute approximate surface area is 186 Å². The van der Waals surface area contributed by atoms with Crippen LogP contribution in [0.15, 0.2) is 48.5 Å². The Bertz CT molecular complexity index is 1080. The van der Waals surface area contributed by atoms with Crippen molar-refractivity contribution in [1.82, 2.24) is 20.6 Å². The number of carbonyl (C=O) groups is 2. The summed E-state index contributed by atoms with van der Waals surface area (Å²) in [4.78, 5) is 24.3. The number of nitrogens with zero attached hydrogens (tertiary/aromatic N) is 2. The summed E-state index contributed by atoms with van der Waals surface area (Å²) in [5.74, 6) is 0.0522. The SMILES string of the molecule is Cc1cc(C)n(CCC(=O)NNC(=O)c2ccc(COc3ccc(Cl)c(C)c3)cc2)n1. The third-order valence-corrected chi connectivity index (χ3v) is 5.14. The first-order chi connectivity index (χ1) is 14.8. The van der Waals surface area contributed by atoms with Crippen LogP contribution in [0.3, 0.4) is 0 Å². The molecule has 3 rings (SSSR count). The van der Waals surface area contributed by atoms with Gasteiger partial charge in [-0.1, -0.05) is 23.7 Å². The topological polar surface area (TPSA) is 85.2 Å². The summed E-state index contributed by atoms with van der Waals surface area (Å²) in [6, 6.07) is 14.4. The van der Waals surface area contributed by atoms with Gasteiger partial charge in [0.1, 0.15) is 12.4 Å². The molecule has 0 aliphatic carbocycles. The van der Waals surface area contributed by atoms with E-state index in [1.807, 2.05) is 51.1 Å². The molecule has 2 amide bonds. The quantitative estimate of drug-likeness (QED) is 0.546. The Hall–Kier alpha value is -3.32. The van der Waals surface area contributed by atoms with Gasteiger partial charge in [0.15, 0.2) is 0 Å². The molecule has 7 nitrogen and oxygen atoms in total. The lowest BCUT2D eigenvalue weighted by Crippen LogP contribution is -2.41. The van der Waals surface area contributed by atoms with Crippen molar-refractivity contribution in [3.05, 3.63) is 81.6 Å². The summed E-state index contributed by atoms with van der Waals surface area (Å²) in [7, 11) is 0. The van der Waals surface area contributed by atoms with Crippen molar-refractivity contribution in [2.24, 2.45) is 0 Å². The highest BCUT2D eigenvalue weighted by Crippen LogP contribution is 2.21. The van der Waals surface area contributed by atoms with E-state index in [2.05, 4.69) is 16.0 Å². The zero-order valence-corrected chi connectivity index (χ0v) is 18.5. The molecule has 0 fully saturated rings. The summed E-state index contributed by atoms with van der Waals surface area (Å²) in [6.07, 6.45) is 0.211. The molecule has 0 saturated heterocycles. The fourth-order valence-corrected chi connectivity index (χ4v) is 3.11. The zero-order chi connectivity index (χ0) is 22.4. The molecule has 8 heteroatoms. The Balaban J connectivity index is 1.44. The number of amides is 2. The van der Waals surface area contributed by atoms with E-state index < -0.39 is 0 Å². The van der Waals surface area contributed by atoms with Gasteiger partial charge < -0.3 is 4.74 Å². The second kappa shape index (κ2) is 10.1. The van der Waals surface area contributed by atoms with Gasteiger partial charge in [0, 0.05) is 22.7 Å². The van der Waals surface area contributed by atoms with Crippen LogP contribution >= 0.6 is 11.6 Å². The minimum absolute atomic E-state index is 0.211. The first kappa shape index (κ1) is 22.4.